The van der Waals surface area contributed by atoms with Gasteiger partial charge in [-0.3, -0.25) is 0 Å². The van der Waals surface area contributed by atoms with Gasteiger partial charge >= 0.3 is 0 Å². The maximum Gasteiger partial charge on any atom is 0.191 e. The molecule has 0 saturated carbocycles. The van der Waals surface area contributed by atoms with E-state index in [1.807, 2.05) is 6.92 Å². The molecule has 0 N–H and O–H groups in total. The molecule has 0 aliphatic rings. The summed E-state index contributed by atoms with van der Waals surface area (Å²) in [6, 6.07) is 2.05. The maximum absolute atomic E-state index is 8.65. The zero-order valence-corrected chi connectivity index (χ0v) is 9.55. The summed E-state index contributed by atoms with van der Waals surface area (Å²) in [5.41, 5.74) is 0. The molecule has 1 nitrogen and oxygen atoms in total. The number of hydrogen-bond acceptors (Lipinski definition) is 1. The number of nitriles is 1. The molecule has 2 unspecified atom stereocenters. The van der Waals surface area contributed by atoms with Gasteiger partial charge in [0.15, 0.2) is 3.79 Å². The second kappa shape index (κ2) is 5.40. The van der Waals surface area contributed by atoms with E-state index in [4.69, 9.17) is 51.7 Å². The van der Waals surface area contributed by atoms with Crippen LogP contribution in [0.5, 0.6) is 0 Å². The molecule has 0 aliphatic heterocycles. The Kier molecular flexibility index (Phi) is 5.69. The van der Waals surface area contributed by atoms with Crippen molar-refractivity contribution in [1.82, 2.24) is 0 Å². The number of alkyl halides is 4. The van der Waals surface area contributed by atoms with Crippen LogP contribution in [-0.2, 0) is 0 Å². The first-order valence-electron chi connectivity index (χ1n) is 3.45. The van der Waals surface area contributed by atoms with E-state index in [9.17, 15) is 0 Å². The van der Waals surface area contributed by atoms with Crippen molar-refractivity contribution in [1.29, 1.82) is 5.26 Å². The Hall–Kier alpha value is 0.650. The van der Waals surface area contributed by atoms with Gasteiger partial charge in [-0.05, 0) is 13.3 Å². The van der Waals surface area contributed by atoms with Crippen molar-refractivity contribution in [3.63, 3.8) is 0 Å². The van der Waals surface area contributed by atoms with Crippen LogP contribution in [0.1, 0.15) is 19.8 Å². The van der Waals surface area contributed by atoms with Crippen LogP contribution in [0.2, 0.25) is 0 Å². The summed E-state index contributed by atoms with van der Waals surface area (Å²) in [5, 5.41) is 8.59. The minimum absolute atomic E-state index is 0.0676. The Morgan fingerprint density at radius 3 is 2.17 bits per heavy atom. The average molecular weight is 249 g/mol. The Bertz CT molecular complexity index is 167. The third-order valence-electron chi connectivity index (χ3n) is 1.27. The predicted molar refractivity (Wildman–Crippen MR) is 53.9 cm³/mol. The molecular formula is C7H9Cl4N. The Labute approximate surface area is 92.5 Å². The molecule has 0 heterocycles. The van der Waals surface area contributed by atoms with Crippen molar-refractivity contribution in [3.8, 4) is 6.07 Å². The minimum atomic E-state index is -1.35. The molecule has 0 aromatic heterocycles. The lowest BCUT2D eigenvalue weighted by Gasteiger charge is -2.15. The summed E-state index contributed by atoms with van der Waals surface area (Å²) >= 11 is 22.3. The fraction of sp³-hybridized carbons (Fsp3) is 0.857. The van der Waals surface area contributed by atoms with Crippen LogP contribution in [0.25, 0.3) is 0 Å². The number of nitrogens with zero attached hydrogens (tertiary/aromatic N) is 1. The summed E-state index contributed by atoms with van der Waals surface area (Å²) in [6.07, 6.45) is 0.775. The minimum Gasteiger partial charge on any atom is -0.198 e. The third-order valence-corrected chi connectivity index (χ3v) is 1.91. The van der Waals surface area contributed by atoms with Gasteiger partial charge in [0.2, 0.25) is 0 Å². The second-order valence-corrected chi connectivity index (χ2v) is 5.92. The highest BCUT2D eigenvalue weighted by Gasteiger charge is 2.26. The van der Waals surface area contributed by atoms with Crippen LogP contribution >= 0.6 is 46.4 Å². The van der Waals surface area contributed by atoms with Crippen LogP contribution in [-0.4, -0.2) is 9.17 Å². The maximum atomic E-state index is 8.65. The van der Waals surface area contributed by atoms with Crippen LogP contribution in [0.15, 0.2) is 0 Å². The molecular weight excluding hydrogens is 240 g/mol. The van der Waals surface area contributed by atoms with Gasteiger partial charge in [-0.25, -0.2) is 0 Å². The van der Waals surface area contributed by atoms with Crippen molar-refractivity contribution < 1.29 is 0 Å². The van der Waals surface area contributed by atoms with Crippen molar-refractivity contribution in [3.05, 3.63) is 0 Å². The van der Waals surface area contributed by atoms with E-state index < -0.39 is 3.79 Å². The molecule has 5 heteroatoms. The summed E-state index contributed by atoms with van der Waals surface area (Å²) < 4.78 is -1.35. The van der Waals surface area contributed by atoms with E-state index in [0.717, 1.165) is 0 Å². The largest absolute Gasteiger partial charge is 0.198 e. The summed E-state index contributed by atoms with van der Waals surface area (Å²) in [7, 11) is 0. The molecule has 0 fully saturated rings. The Morgan fingerprint density at radius 2 is 1.92 bits per heavy atom. The standard InChI is InChI=1S/C7H9Cl4N/c1-5(8)2-6(4-12)3-7(9,10)11/h5-6H,2-3H2,1H3. The number of halogens is 4. The quantitative estimate of drug-likeness (QED) is 0.695. The van der Waals surface area contributed by atoms with E-state index >= 15 is 0 Å². The van der Waals surface area contributed by atoms with Gasteiger partial charge in [0, 0.05) is 11.8 Å². The normalized spacial score (nSPS) is 16.7. The van der Waals surface area contributed by atoms with Crippen molar-refractivity contribution in [2.24, 2.45) is 5.92 Å². The molecule has 0 saturated heterocycles. The van der Waals surface area contributed by atoms with E-state index in [2.05, 4.69) is 6.07 Å². The zero-order valence-electron chi connectivity index (χ0n) is 6.53. The Balaban J connectivity index is 3.95. The first kappa shape index (κ1) is 12.7. The lowest BCUT2D eigenvalue weighted by molar-refractivity contribution is 0.559. The fourth-order valence-corrected chi connectivity index (χ4v) is 1.63. The van der Waals surface area contributed by atoms with Crippen molar-refractivity contribution in [2.45, 2.75) is 28.9 Å². The Morgan fingerprint density at radius 1 is 1.42 bits per heavy atom. The van der Waals surface area contributed by atoms with Crippen LogP contribution in [0.4, 0.5) is 0 Å². The summed E-state index contributed by atoms with van der Waals surface area (Å²) in [6.45, 7) is 1.81. The smallest absolute Gasteiger partial charge is 0.191 e. The van der Waals surface area contributed by atoms with Crippen LogP contribution in [0, 0.1) is 17.2 Å². The highest BCUT2D eigenvalue weighted by Crippen LogP contribution is 2.34. The number of hydrogen-bond donors (Lipinski definition) is 0. The third kappa shape index (κ3) is 7.31. The highest BCUT2D eigenvalue weighted by atomic mass is 35.6. The molecule has 0 rings (SSSR count). The SMILES string of the molecule is CC(Cl)CC(C#N)CC(Cl)(Cl)Cl. The molecule has 0 aromatic rings. The molecule has 0 radical (unpaired) electrons. The first-order valence-corrected chi connectivity index (χ1v) is 5.02. The highest BCUT2D eigenvalue weighted by molar-refractivity contribution is 6.67. The molecule has 0 spiro atoms. The lowest BCUT2D eigenvalue weighted by Crippen LogP contribution is -2.13. The molecule has 0 aromatic carbocycles. The monoisotopic (exact) mass is 247 g/mol. The average Bonchev–Trinajstić information content (AvgIpc) is 1.82. The molecule has 0 aliphatic carbocycles. The fourth-order valence-electron chi connectivity index (χ4n) is 0.853. The van der Waals surface area contributed by atoms with E-state index in [0.29, 0.717) is 6.42 Å². The van der Waals surface area contributed by atoms with Gasteiger partial charge in [-0.1, -0.05) is 34.8 Å². The molecule has 12 heavy (non-hydrogen) atoms. The summed E-state index contributed by atoms with van der Waals surface area (Å²) in [4.78, 5) is 0. The van der Waals surface area contributed by atoms with Gasteiger partial charge in [0.1, 0.15) is 0 Å². The van der Waals surface area contributed by atoms with Gasteiger partial charge in [-0.15, -0.1) is 11.6 Å². The zero-order chi connectivity index (χ0) is 9.78. The van der Waals surface area contributed by atoms with Crippen LogP contribution in [0.3, 0.4) is 0 Å². The first-order chi connectivity index (χ1) is 5.35. The molecule has 70 valence electrons. The van der Waals surface area contributed by atoms with E-state index in [-0.39, 0.29) is 17.7 Å². The summed E-state index contributed by atoms with van der Waals surface area (Å²) in [5.74, 6) is -0.287. The van der Waals surface area contributed by atoms with Crippen LogP contribution < -0.4 is 0 Å². The van der Waals surface area contributed by atoms with Gasteiger partial charge in [-0.2, -0.15) is 5.26 Å². The van der Waals surface area contributed by atoms with Crippen molar-refractivity contribution >= 4 is 46.4 Å². The molecule has 0 amide bonds. The predicted octanol–water partition coefficient (Wildman–Crippen LogP) is 3.90. The van der Waals surface area contributed by atoms with Gasteiger partial charge in [0.05, 0.1) is 12.0 Å². The molecule has 0 bridgehead atoms. The number of rotatable bonds is 3. The van der Waals surface area contributed by atoms with E-state index in [1.165, 1.54) is 0 Å². The van der Waals surface area contributed by atoms with Gasteiger partial charge < -0.3 is 0 Å². The lowest BCUT2D eigenvalue weighted by atomic mass is 10.0. The topological polar surface area (TPSA) is 23.8 Å². The molecule has 2 atom stereocenters. The second-order valence-electron chi connectivity index (χ2n) is 2.66. The van der Waals surface area contributed by atoms with Gasteiger partial charge in [0.25, 0.3) is 0 Å². The van der Waals surface area contributed by atoms with Crippen molar-refractivity contribution in [2.75, 3.05) is 0 Å². The van der Waals surface area contributed by atoms with E-state index in [1.54, 1.807) is 0 Å².